The van der Waals surface area contributed by atoms with Gasteiger partial charge in [-0.05, 0) is 43.5 Å². The molecule has 2 rings (SSSR count). The molecule has 19 heavy (non-hydrogen) atoms. The first-order chi connectivity index (χ1) is 9.20. The second-order valence-corrected chi connectivity index (χ2v) is 4.52. The Balaban J connectivity index is 1.94. The van der Waals surface area contributed by atoms with Crippen LogP contribution in [0.25, 0.3) is 0 Å². The van der Waals surface area contributed by atoms with E-state index in [1.54, 1.807) is 24.4 Å². The van der Waals surface area contributed by atoms with Crippen LogP contribution >= 0.6 is 0 Å². The molecule has 0 saturated heterocycles. The maximum absolute atomic E-state index is 11.5. The summed E-state index contributed by atoms with van der Waals surface area (Å²) in [6.07, 6.45) is 4.57. The standard InChI is InChI=1S/C14H18N2O3/c1-2-19-13-8-10(6-7-12(13)17)9-15-16-14(18)11-4-3-5-11/h6-9,11,17H,2-5H2,1H3,(H,16,18)/b15-9+. The van der Waals surface area contributed by atoms with Gasteiger partial charge < -0.3 is 9.84 Å². The lowest BCUT2D eigenvalue weighted by molar-refractivity contribution is -0.127. The molecule has 0 atom stereocenters. The molecule has 1 aliphatic rings. The first-order valence-electron chi connectivity index (χ1n) is 6.49. The molecule has 0 bridgehead atoms. The number of hydrazone groups is 1. The van der Waals surface area contributed by atoms with Gasteiger partial charge in [-0.15, -0.1) is 0 Å². The third-order valence-corrected chi connectivity index (χ3v) is 3.15. The number of carbonyl (C=O) groups is 1. The Morgan fingerprint density at radius 3 is 3.00 bits per heavy atom. The van der Waals surface area contributed by atoms with Crippen LogP contribution in [0.1, 0.15) is 31.7 Å². The van der Waals surface area contributed by atoms with Crippen molar-refractivity contribution in [1.29, 1.82) is 0 Å². The molecule has 1 saturated carbocycles. The highest BCUT2D eigenvalue weighted by Crippen LogP contribution is 2.27. The van der Waals surface area contributed by atoms with Crippen LogP contribution < -0.4 is 10.2 Å². The van der Waals surface area contributed by atoms with E-state index in [-0.39, 0.29) is 17.6 Å². The van der Waals surface area contributed by atoms with E-state index in [0.29, 0.717) is 12.4 Å². The Hall–Kier alpha value is -2.04. The molecule has 5 heteroatoms. The van der Waals surface area contributed by atoms with Crippen molar-refractivity contribution in [2.45, 2.75) is 26.2 Å². The topological polar surface area (TPSA) is 70.9 Å². The molecule has 5 nitrogen and oxygen atoms in total. The van der Waals surface area contributed by atoms with E-state index in [1.807, 2.05) is 6.92 Å². The van der Waals surface area contributed by atoms with Crippen LogP contribution in [0.4, 0.5) is 0 Å². The molecule has 0 unspecified atom stereocenters. The number of phenols is 1. The number of aromatic hydroxyl groups is 1. The summed E-state index contributed by atoms with van der Waals surface area (Å²) in [7, 11) is 0. The summed E-state index contributed by atoms with van der Waals surface area (Å²) in [5.41, 5.74) is 3.29. The van der Waals surface area contributed by atoms with Crippen LogP contribution in [0.2, 0.25) is 0 Å². The normalized spacial score (nSPS) is 15.2. The molecular weight excluding hydrogens is 244 g/mol. The maximum Gasteiger partial charge on any atom is 0.243 e. The first kappa shape index (κ1) is 13.4. The van der Waals surface area contributed by atoms with Gasteiger partial charge in [-0.1, -0.05) is 6.42 Å². The fraction of sp³-hybridized carbons (Fsp3) is 0.429. The van der Waals surface area contributed by atoms with Crippen molar-refractivity contribution < 1.29 is 14.6 Å². The Labute approximate surface area is 112 Å². The fourth-order valence-corrected chi connectivity index (χ4v) is 1.81. The fourth-order valence-electron chi connectivity index (χ4n) is 1.81. The van der Waals surface area contributed by atoms with Gasteiger partial charge in [0.1, 0.15) is 0 Å². The molecule has 1 aromatic carbocycles. The average molecular weight is 262 g/mol. The quantitative estimate of drug-likeness (QED) is 0.630. The van der Waals surface area contributed by atoms with Gasteiger partial charge in [0.05, 0.1) is 12.8 Å². The van der Waals surface area contributed by atoms with Crippen LogP contribution in [0.3, 0.4) is 0 Å². The van der Waals surface area contributed by atoms with E-state index in [2.05, 4.69) is 10.5 Å². The second kappa shape index (κ2) is 6.22. The predicted molar refractivity (Wildman–Crippen MR) is 72.4 cm³/mol. The van der Waals surface area contributed by atoms with Gasteiger partial charge in [0.25, 0.3) is 0 Å². The van der Waals surface area contributed by atoms with Crippen molar-refractivity contribution in [3.8, 4) is 11.5 Å². The molecule has 0 spiro atoms. The Morgan fingerprint density at radius 1 is 1.58 bits per heavy atom. The Kier molecular flexibility index (Phi) is 4.39. The molecule has 1 amide bonds. The van der Waals surface area contributed by atoms with Crippen LogP contribution in [0.15, 0.2) is 23.3 Å². The summed E-state index contributed by atoms with van der Waals surface area (Å²) >= 11 is 0. The number of carbonyl (C=O) groups excluding carboxylic acids is 1. The molecule has 1 aromatic rings. The van der Waals surface area contributed by atoms with Gasteiger partial charge in [0.2, 0.25) is 5.91 Å². The third kappa shape index (κ3) is 3.47. The second-order valence-electron chi connectivity index (χ2n) is 4.52. The molecule has 0 radical (unpaired) electrons. The van der Waals surface area contributed by atoms with Crippen LogP contribution in [0, 0.1) is 5.92 Å². The van der Waals surface area contributed by atoms with Crippen molar-refractivity contribution >= 4 is 12.1 Å². The van der Waals surface area contributed by atoms with E-state index in [9.17, 15) is 9.90 Å². The number of nitrogens with zero attached hydrogens (tertiary/aromatic N) is 1. The number of amides is 1. The largest absolute Gasteiger partial charge is 0.504 e. The molecule has 0 heterocycles. The third-order valence-electron chi connectivity index (χ3n) is 3.15. The zero-order valence-electron chi connectivity index (χ0n) is 10.9. The summed E-state index contributed by atoms with van der Waals surface area (Å²) in [4.78, 5) is 11.5. The van der Waals surface area contributed by atoms with Gasteiger partial charge in [-0.25, -0.2) is 5.43 Å². The monoisotopic (exact) mass is 262 g/mol. The van der Waals surface area contributed by atoms with Crippen molar-refractivity contribution in [2.24, 2.45) is 11.0 Å². The van der Waals surface area contributed by atoms with Crippen LogP contribution in [0.5, 0.6) is 11.5 Å². The van der Waals surface area contributed by atoms with Gasteiger partial charge in [-0.3, -0.25) is 4.79 Å². The van der Waals surface area contributed by atoms with Gasteiger partial charge in [0.15, 0.2) is 11.5 Å². The molecule has 1 aliphatic carbocycles. The number of hydrogen-bond acceptors (Lipinski definition) is 4. The Morgan fingerprint density at radius 2 is 2.37 bits per heavy atom. The SMILES string of the molecule is CCOc1cc(/C=N/NC(=O)C2CCC2)ccc1O. The smallest absolute Gasteiger partial charge is 0.243 e. The number of ether oxygens (including phenoxy) is 1. The molecule has 0 aromatic heterocycles. The van der Waals surface area contributed by atoms with Crippen LogP contribution in [-0.4, -0.2) is 23.8 Å². The van der Waals surface area contributed by atoms with Crippen LogP contribution in [-0.2, 0) is 4.79 Å². The van der Waals surface area contributed by atoms with Crippen molar-refractivity contribution in [3.63, 3.8) is 0 Å². The highest BCUT2D eigenvalue weighted by atomic mass is 16.5. The van der Waals surface area contributed by atoms with E-state index in [1.165, 1.54) is 0 Å². The summed E-state index contributed by atoms with van der Waals surface area (Å²) in [6.45, 7) is 2.33. The minimum Gasteiger partial charge on any atom is -0.504 e. The number of nitrogens with one attached hydrogen (secondary N) is 1. The van der Waals surface area contributed by atoms with E-state index < -0.39 is 0 Å². The molecule has 0 aliphatic heterocycles. The zero-order chi connectivity index (χ0) is 13.7. The molecule has 102 valence electrons. The molecular formula is C14H18N2O3. The van der Waals surface area contributed by atoms with E-state index in [0.717, 1.165) is 24.8 Å². The van der Waals surface area contributed by atoms with Crippen molar-refractivity contribution in [2.75, 3.05) is 6.61 Å². The number of phenolic OH excluding ortho intramolecular Hbond substituents is 1. The highest BCUT2D eigenvalue weighted by molar-refractivity contribution is 5.84. The zero-order valence-corrected chi connectivity index (χ0v) is 10.9. The Bertz CT molecular complexity index is 482. The van der Waals surface area contributed by atoms with Crippen molar-refractivity contribution in [1.82, 2.24) is 5.43 Å². The van der Waals surface area contributed by atoms with Crippen molar-refractivity contribution in [3.05, 3.63) is 23.8 Å². The summed E-state index contributed by atoms with van der Waals surface area (Å²) in [5.74, 6) is 0.608. The van der Waals surface area contributed by atoms with Gasteiger partial charge in [-0.2, -0.15) is 5.10 Å². The van der Waals surface area contributed by atoms with E-state index in [4.69, 9.17) is 4.74 Å². The summed E-state index contributed by atoms with van der Waals surface area (Å²) < 4.78 is 5.27. The number of benzene rings is 1. The maximum atomic E-state index is 11.5. The summed E-state index contributed by atoms with van der Waals surface area (Å²) in [6, 6.07) is 4.93. The lowest BCUT2D eigenvalue weighted by Crippen LogP contribution is -2.31. The number of hydrogen-bond donors (Lipinski definition) is 2. The lowest BCUT2D eigenvalue weighted by atomic mass is 9.85. The average Bonchev–Trinajstić information content (AvgIpc) is 2.31. The van der Waals surface area contributed by atoms with Gasteiger partial charge >= 0.3 is 0 Å². The number of rotatable bonds is 5. The summed E-state index contributed by atoms with van der Waals surface area (Å²) in [5, 5.41) is 13.5. The first-order valence-corrected chi connectivity index (χ1v) is 6.49. The molecule has 2 N–H and O–H groups in total. The lowest BCUT2D eigenvalue weighted by Gasteiger charge is -2.22. The minimum atomic E-state index is -0.0219. The minimum absolute atomic E-state index is 0.0219. The van der Waals surface area contributed by atoms with E-state index >= 15 is 0 Å². The molecule has 1 fully saturated rings. The highest BCUT2D eigenvalue weighted by Gasteiger charge is 2.24. The predicted octanol–water partition coefficient (Wildman–Crippen LogP) is 2.04. The van der Waals surface area contributed by atoms with Gasteiger partial charge in [0, 0.05) is 5.92 Å².